The number of nitrogens with zero attached hydrogens (tertiary/aromatic N) is 4. The van der Waals surface area contributed by atoms with Gasteiger partial charge in [-0.05, 0) is 43.2 Å². The number of hydrogen-bond acceptors (Lipinski definition) is 6. The third-order valence-electron chi connectivity index (χ3n) is 5.50. The van der Waals surface area contributed by atoms with Crippen molar-refractivity contribution in [3.05, 3.63) is 76.1 Å². The maximum atomic E-state index is 12.6. The molecular weight excluding hydrogens is 487 g/mol. The molecule has 1 saturated heterocycles. The van der Waals surface area contributed by atoms with Crippen molar-refractivity contribution in [2.75, 3.05) is 18.0 Å². The highest BCUT2D eigenvalue weighted by Gasteiger charge is 2.39. The molecule has 1 amide bonds. The van der Waals surface area contributed by atoms with Gasteiger partial charge in [-0.3, -0.25) is 19.1 Å². The Kier molecular flexibility index (Phi) is 7.25. The summed E-state index contributed by atoms with van der Waals surface area (Å²) in [6, 6.07) is 9.52. The molecule has 12 heteroatoms. The maximum Gasteiger partial charge on any atom is 0.471 e. The van der Waals surface area contributed by atoms with Crippen LogP contribution < -0.4 is 20.5 Å². The number of alkyl halides is 3. The maximum absolute atomic E-state index is 12.6. The van der Waals surface area contributed by atoms with Gasteiger partial charge in [-0.2, -0.15) is 13.2 Å². The molecule has 0 aromatic carbocycles. The van der Waals surface area contributed by atoms with Gasteiger partial charge in [0.05, 0.1) is 22.6 Å². The van der Waals surface area contributed by atoms with Crippen LogP contribution in [0.4, 0.5) is 19.0 Å². The summed E-state index contributed by atoms with van der Waals surface area (Å²) in [5.74, 6) is -1.02. The molecule has 0 spiro atoms. The molecular formula is C23H21ClF3N5O3. The van der Waals surface area contributed by atoms with E-state index in [-0.39, 0.29) is 24.8 Å². The van der Waals surface area contributed by atoms with Crippen LogP contribution in [-0.4, -0.2) is 45.7 Å². The quantitative estimate of drug-likeness (QED) is 0.526. The predicted molar refractivity (Wildman–Crippen MR) is 123 cm³/mol. The molecule has 1 aliphatic heterocycles. The van der Waals surface area contributed by atoms with Crippen LogP contribution in [0.25, 0.3) is 5.69 Å². The van der Waals surface area contributed by atoms with Crippen molar-refractivity contribution < 1.29 is 22.7 Å². The Hall–Kier alpha value is -3.60. The molecule has 1 unspecified atom stereocenters. The number of amides is 1. The van der Waals surface area contributed by atoms with Gasteiger partial charge in [-0.15, -0.1) is 0 Å². The summed E-state index contributed by atoms with van der Waals surface area (Å²) in [6.07, 6.45) is 1.08. The monoisotopic (exact) mass is 507 g/mol. The van der Waals surface area contributed by atoms with E-state index in [9.17, 15) is 22.8 Å². The van der Waals surface area contributed by atoms with Crippen molar-refractivity contribution >= 4 is 23.3 Å². The predicted octanol–water partition coefficient (Wildman–Crippen LogP) is 3.51. The highest BCUT2D eigenvalue weighted by molar-refractivity contribution is 6.30. The normalized spacial score (nSPS) is 15.8. The topological polar surface area (TPSA) is 89.4 Å². The standard InChI is InChI=1S/C23H21ClF3N5O3/c24-15-3-4-16(28-11-15)14-35-19-7-9-32(21(33)10-19)18-5-6-20(29-12-18)31-8-1-2-17(31)13-30-22(34)23(25,26)27/h3-7,9-12,17H,1-2,8,13-14H2,(H,30,34). The van der Waals surface area contributed by atoms with Gasteiger partial charge in [0.25, 0.3) is 5.56 Å². The number of ether oxygens (including phenoxy) is 1. The van der Waals surface area contributed by atoms with E-state index in [4.69, 9.17) is 16.3 Å². The largest absolute Gasteiger partial charge is 0.487 e. The summed E-state index contributed by atoms with van der Waals surface area (Å²) >= 11 is 5.81. The lowest BCUT2D eigenvalue weighted by Gasteiger charge is -2.26. The van der Waals surface area contributed by atoms with Crippen molar-refractivity contribution in [1.29, 1.82) is 0 Å². The zero-order valence-corrected chi connectivity index (χ0v) is 19.1. The van der Waals surface area contributed by atoms with E-state index in [1.807, 2.05) is 10.2 Å². The number of carbonyl (C=O) groups is 1. The Balaban J connectivity index is 1.40. The molecule has 35 heavy (non-hydrogen) atoms. The van der Waals surface area contributed by atoms with E-state index in [1.54, 1.807) is 36.5 Å². The molecule has 1 aliphatic rings. The summed E-state index contributed by atoms with van der Waals surface area (Å²) in [4.78, 5) is 34.1. The SMILES string of the molecule is O=C(NCC1CCCN1c1ccc(-n2ccc(OCc3ccc(Cl)cn3)cc2=O)cn1)C(F)(F)F. The number of rotatable bonds is 7. The molecule has 1 atom stereocenters. The molecule has 4 rings (SSSR count). The van der Waals surface area contributed by atoms with E-state index in [0.29, 0.717) is 40.9 Å². The van der Waals surface area contributed by atoms with Gasteiger partial charge >= 0.3 is 12.1 Å². The van der Waals surface area contributed by atoms with Crippen LogP contribution in [-0.2, 0) is 11.4 Å². The molecule has 1 N–H and O–H groups in total. The van der Waals surface area contributed by atoms with E-state index >= 15 is 0 Å². The zero-order valence-electron chi connectivity index (χ0n) is 18.3. The van der Waals surface area contributed by atoms with Gasteiger partial charge in [0.1, 0.15) is 18.2 Å². The molecule has 0 bridgehead atoms. The highest BCUT2D eigenvalue weighted by Crippen LogP contribution is 2.24. The Bertz CT molecular complexity index is 1230. The number of nitrogens with one attached hydrogen (secondary N) is 1. The Labute approximate surface area is 203 Å². The van der Waals surface area contributed by atoms with Gasteiger partial charge < -0.3 is 15.0 Å². The van der Waals surface area contributed by atoms with Crippen LogP contribution in [0.1, 0.15) is 18.5 Å². The fourth-order valence-electron chi connectivity index (χ4n) is 3.76. The Morgan fingerprint density at radius 1 is 1.17 bits per heavy atom. The highest BCUT2D eigenvalue weighted by atomic mass is 35.5. The minimum absolute atomic E-state index is 0.131. The van der Waals surface area contributed by atoms with Gasteiger partial charge in [0, 0.05) is 37.6 Å². The lowest BCUT2D eigenvalue weighted by atomic mass is 10.2. The second-order valence-electron chi connectivity index (χ2n) is 7.90. The lowest BCUT2D eigenvalue weighted by Crippen LogP contribution is -2.45. The van der Waals surface area contributed by atoms with E-state index in [1.165, 1.54) is 23.0 Å². The van der Waals surface area contributed by atoms with Crippen molar-refractivity contribution in [2.45, 2.75) is 31.7 Å². The van der Waals surface area contributed by atoms with Crippen molar-refractivity contribution in [3.8, 4) is 11.4 Å². The van der Waals surface area contributed by atoms with Gasteiger partial charge in [-0.1, -0.05) is 11.6 Å². The third kappa shape index (κ3) is 6.10. The molecule has 184 valence electrons. The third-order valence-corrected chi connectivity index (χ3v) is 5.73. The second-order valence-corrected chi connectivity index (χ2v) is 8.34. The minimum atomic E-state index is -4.91. The molecule has 4 heterocycles. The van der Waals surface area contributed by atoms with Gasteiger partial charge in [0.15, 0.2) is 0 Å². The van der Waals surface area contributed by atoms with Crippen molar-refractivity contribution in [2.24, 2.45) is 0 Å². The van der Waals surface area contributed by atoms with E-state index < -0.39 is 12.1 Å². The zero-order chi connectivity index (χ0) is 25.0. The second kappa shape index (κ2) is 10.3. The number of halogens is 4. The van der Waals surface area contributed by atoms with Gasteiger partial charge in [0.2, 0.25) is 0 Å². The van der Waals surface area contributed by atoms with Crippen LogP contribution in [0.15, 0.2) is 59.8 Å². The van der Waals surface area contributed by atoms with Crippen LogP contribution in [0.2, 0.25) is 5.02 Å². The number of anilines is 1. The summed E-state index contributed by atoms with van der Waals surface area (Å²) in [5, 5.41) is 2.45. The Morgan fingerprint density at radius 3 is 2.66 bits per heavy atom. The van der Waals surface area contributed by atoms with E-state index in [2.05, 4.69) is 9.97 Å². The first-order valence-corrected chi connectivity index (χ1v) is 11.1. The molecule has 3 aromatic rings. The first-order chi connectivity index (χ1) is 16.7. The van der Waals surface area contributed by atoms with Crippen LogP contribution in [0.5, 0.6) is 5.75 Å². The minimum Gasteiger partial charge on any atom is -0.487 e. The summed E-state index contributed by atoms with van der Waals surface area (Å²) in [5.41, 5.74) is 0.859. The molecule has 3 aromatic heterocycles. The van der Waals surface area contributed by atoms with E-state index in [0.717, 1.165) is 6.42 Å². The molecule has 1 fully saturated rings. The number of pyridine rings is 3. The lowest BCUT2D eigenvalue weighted by molar-refractivity contribution is -0.173. The van der Waals surface area contributed by atoms with Gasteiger partial charge in [-0.25, -0.2) is 4.98 Å². The molecule has 8 nitrogen and oxygen atoms in total. The van der Waals surface area contributed by atoms with Crippen LogP contribution >= 0.6 is 11.6 Å². The number of hydrogen-bond donors (Lipinski definition) is 1. The average Bonchev–Trinajstić information content (AvgIpc) is 3.30. The fraction of sp³-hybridized carbons (Fsp3) is 0.304. The summed E-state index contributed by atoms with van der Waals surface area (Å²) in [6.45, 7) is 0.652. The fourth-order valence-corrected chi connectivity index (χ4v) is 3.88. The molecule has 0 radical (unpaired) electrons. The molecule has 0 aliphatic carbocycles. The number of aromatic nitrogens is 3. The van der Waals surface area contributed by atoms with Crippen molar-refractivity contribution in [3.63, 3.8) is 0 Å². The van der Waals surface area contributed by atoms with Crippen LogP contribution in [0.3, 0.4) is 0 Å². The first kappa shape index (κ1) is 24.5. The van der Waals surface area contributed by atoms with Crippen LogP contribution in [0, 0.1) is 0 Å². The summed E-state index contributed by atoms with van der Waals surface area (Å²) < 4.78 is 44.4. The average molecular weight is 508 g/mol. The Morgan fingerprint density at radius 2 is 2.00 bits per heavy atom. The first-order valence-electron chi connectivity index (χ1n) is 10.7. The smallest absolute Gasteiger partial charge is 0.471 e. The number of carbonyl (C=O) groups excluding carboxylic acids is 1. The summed E-state index contributed by atoms with van der Waals surface area (Å²) in [7, 11) is 0. The van der Waals surface area contributed by atoms with Crippen molar-refractivity contribution in [1.82, 2.24) is 19.9 Å². The molecule has 0 saturated carbocycles.